The predicted octanol–water partition coefficient (Wildman–Crippen LogP) is 0.327. The van der Waals surface area contributed by atoms with E-state index in [1.807, 2.05) is 0 Å². The maximum absolute atomic E-state index is 11.5. The van der Waals surface area contributed by atoms with Gasteiger partial charge in [0, 0.05) is 13.1 Å². The predicted molar refractivity (Wildman–Crippen MR) is 61.6 cm³/mol. The fourth-order valence-electron chi connectivity index (χ4n) is 1.94. The number of nitrogens with zero attached hydrogens (tertiary/aromatic N) is 1. The molecule has 0 aromatic carbocycles. The van der Waals surface area contributed by atoms with Gasteiger partial charge in [-0.05, 0) is 25.9 Å². The number of carbonyl (C=O) groups excluding carboxylic acids is 1. The maximum atomic E-state index is 11.5. The molecule has 0 saturated carbocycles. The third-order valence-electron chi connectivity index (χ3n) is 2.78. The average Bonchev–Trinajstić information content (AvgIpc) is 2.19. The molecule has 0 aromatic rings. The van der Waals surface area contributed by atoms with E-state index in [0.29, 0.717) is 19.6 Å². The molecule has 1 heterocycles. The highest BCUT2D eigenvalue weighted by atomic mass is 16.2. The third-order valence-corrected chi connectivity index (χ3v) is 2.78. The fraction of sp³-hybridized carbons (Fsp3) is 0.909. The van der Waals surface area contributed by atoms with E-state index in [9.17, 15) is 4.79 Å². The molecule has 88 valence electrons. The highest BCUT2D eigenvalue weighted by Crippen LogP contribution is 2.09. The van der Waals surface area contributed by atoms with Crippen molar-refractivity contribution in [3.05, 3.63) is 0 Å². The van der Waals surface area contributed by atoms with Crippen LogP contribution in [0.25, 0.3) is 0 Å². The quantitative estimate of drug-likeness (QED) is 0.707. The number of carbonyl (C=O) groups is 1. The summed E-state index contributed by atoms with van der Waals surface area (Å²) in [6.07, 6.45) is 6.42. The Morgan fingerprint density at radius 2 is 1.73 bits per heavy atom. The summed E-state index contributed by atoms with van der Waals surface area (Å²) in [7, 11) is 0. The van der Waals surface area contributed by atoms with E-state index in [0.717, 1.165) is 13.1 Å². The number of hydrogen-bond acceptors (Lipinski definition) is 3. The van der Waals surface area contributed by atoms with Gasteiger partial charge < -0.3 is 11.1 Å². The Balaban J connectivity index is 2.19. The van der Waals surface area contributed by atoms with Crippen molar-refractivity contribution >= 4 is 5.91 Å². The molecule has 1 amide bonds. The first-order valence-corrected chi connectivity index (χ1v) is 6.02. The molecule has 0 aromatic heterocycles. The minimum absolute atomic E-state index is 0.112. The van der Waals surface area contributed by atoms with Crippen LogP contribution in [0.4, 0.5) is 0 Å². The van der Waals surface area contributed by atoms with Crippen molar-refractivity contribution in [3.8, 4) is 0 Å². The molecule has 1 aliphatic heterocycles. The minimum Gasteiger partial charge on any atom is -0.354 e. The van der Waals surface area contributed by atoms with Crippen molar-refractivity contribution in [2.45, 2.75) is 32.1 Å². The standard InChI is InChI=1S/C11H23N3O/c12-6-7-13-11(15)10-14-8-4-2-1-3-5-9-14/h1-10,12H2,(H,13,15). The first-order chi connectivity index (χ1) is 7.33. The van der Waals surface area contributed by atoms with Crippen molar-refractivity contribution in [1.29, 1.82) is 0 Å². The number of likely N-dealkylation sites (tertiary alicyclic amines) is 1. The molecule has 15 heavy (non-hydrogen) atoms. The molecule has 3 N–H and O–H groups in total. The number of nitrogens with one attached hydrogen (secondary N) is 1. The van der Waals surface area contributed by atoms with Crippen LogP contribution in [0.5, 0.6) is 0 Å². The maximum Gasteiger partial charge on any atom is 0.234 e. The molecule has 1 aliphatic rings. The van der Waals surface area contributed by atoms with Gasteiger partial charge in [-0.2, -0.15) is 0 Å². The second kappa shape index (κ2) is 7.65. The summed E-state index contributed by atoms with van der Waals surface area (Å²) in [6, 6.07) is 0. The molecule has 1 fully saturated rings. The van der Waals surface area contributed by atoms with Gasteiger partial charge in [0.05, 0.1) is 6.54 Å². The van der Waals surface area contributed by atoms with Gasteiger partial charge in [-0.3, -0.25) is 9.69 Å². The van der Waals surface area contributed by atoms with E-state index in [4.69, 9.17) is 5.73 Å². The first kappa shape index (κ1) is 12.5. The van der Waals surface area contributed by atoms with Gasteiger partial charge >= 0.3 is 0 Å². The molecule has 0 spiro atoms. The van der Waals surface area contributed by atoms with Crippen LogP contribution in [0.3, 0.4) is 0 Å². The summed E-state index contributed by atoms with van der Waals surface area (Å²) < 4.78 is 0. The normalized spacial score (nSPS) is 19.3. The molecule has 1 saturated heterocycles. The van der Waals surface area contributed by atoms with Gasteiger partial charge in [0.15, 0.2) is 0 Å². The lowest BCUT2D eigenvalue weighted by Crippen LogP contribution is -2.40. The van der Waals surface area contributed by atoms with Crippen molar-refractivity contribution in [3.63, 3.8) is 0 Å². The van der Waals surface area contributed by atoms with Crippen LogP contribution in [0.1, 0.15) is 32.1 Å². The molecular formula is C11H23N3O. The second-order valence-electron chi connectivity index (χ2n) is 4.18. The zero-order valence-electron chi connectivity index (χ0n) is 9.50. The lowest BCUT2D eigenvalue weighted by molar-refractivity contribution is -0.122. The van der Waals surface area contributed by atoms with Crippen LogP contribution in [0.15, 0.2) is 0 Å². The van der Waals surface area contributed by atoms with Gasteiger partial charge in [0.25, 0.3) is 0 Å². The second-order valence-corrected chi connectivity index (χ2v) is 4.18. The highest BCUT2D eigenvalue weighted by molar-refractivity contribution is 5.77. The molecule has 0 radical (unpaired) electrons. The van der Waals surface area contributed by atoms with Gasteiger partial charge in [0.2, 0.25) is 5.91 Å². The van der Waals surface area contributed by atoms with Crippen molar-refractivity contribution < 1.29 is 4.79 Å². The summed E-state index contributed by atoms with van der Waals surface area (Å²) in [5.41, 5.74) is 5.33. The Morgan fingerprint density at radius 3 is 2.33 bits per heavy atom. The Labute approximate surface area is 92.2 Å². The zero-order chi connectivity index (χ0) is 10.9. The monoisotopic (exact) mass is 213 g/mol. The number of hydrogen-bond donors (Lipinski definition) is 2. The summed E-state index contributed by atoms with van der Waals surface area (Å²) in [5.74, 6) is 0.112. The molecule has 4 heteroatoms. The summed E-state index contributed by atoms with van der Waals surface area (Å²) in [5, 5.41) is 2.81. The van der Waals surface area contributed by atoms with E-state index in [1.54, 1.807) is 0 Å². The topological polar surface area (TPSA) is 58.4 Å². The first-order valence-electron chi connectivity index (χ1n) is 6.02. The SMILES string of the molecule is NCCNC(=O)CN1CCCCCCC1. The van der Waals surface area contributed by atoms with Gasteiger partial charge in [-0.25, -0.2) is 0 Å². The molecule has 1 rings (SSSR count). The lowest BCUT2D eigenvalue weighted by Gasteiger charge is -2.23. The van der Waals surface area contributed by atoms with Crippen molar-refractivity contribution in [2.75, 3.05) is 32.7 Å². The smallest absolute Gasteiger partial charge is 0.234 e. The van der Waals surface area contributed by atoms with Crippen molar-refractivity contribution in [2.24, 2.45) is 5.73 Å². The fourth-order valence-corrected chi connectivity index (χ4v) is 1.94. The third kappa shape index (κ3) is 5.74. The highest BCUT2D eigenvalue weighted by Gasteiger charge is 2.11. The molecule has 4 nitrogen and oxygen atoms in total. The average molecular weight is 213 g/mol. The Bertz CT molecular complexity index is 177. The number of nitrogens with two attached hydrogens (primary N) is 1. The number of rotatable bonds is 4. The van der Waals surface area contributed by atoms with E-state index < -0.39 is 0 Å². The van der Waals surface area contributed by atoms with E-state index >= 15 is 0 Å². The van der Waals surface area contributed by atoms with Crippen LogP contribution < -0.4 is 11.1 Å². The Morgan fingerprint density at radius 1 is 1.13 bits per heavy atom. The summed E-state index contributed by atoms with van der Waals surface area (Å²) >= 11 is 0. The van der Waals surface area contributed by atoms with E-state index in [1.165, 1.54) is 32.1 Å². The van der Waals surface area contributed by atoms with Crippen LogP contribution in [-0.2, 0) is 4.79 Å². The minimum atomic E-state index is 0.112. The molecule has 0 aliphatic carbocycles. The molecular weight excluding hydrogens is 190 g/mol. The number of amides is 1. The Hall–Kier alpha value is -0.610. The van der Waals surface area contributed by atoms with Crippen LogP contribution in [0.2, 0.25) is 0 Å². The Kier molecular flexibility index (Phi) is 6.36. The van der Waals surface area contributed by atoms with E-state index in [-0.39, 0.29) is 5.91 Å². The largest absolute Gasteiger partial charge is 0.354 e. The summed E-state index contributed by atoms with van der Waals surface area (Å²) in [4.78, 5) is 13.7. The van der Waals surface area contributed by atoms with Gasteiger partial charge in [0.1, 0.15) is 0 Å². The summed E-state index contributed by atoms with van der Waals surface area (Å²) in [6.45, 7) is 3.78. The van der Waals surface area contributed by atoms with Crippen LogP contribution in [0, 0.1) is 0 Å². The van der Waals surface area contributed by atoms with Crippen LogP contribution in [-0.4, -0.2) is 43.5 Å². The lowest BCUT2D eigenvalue weighted by atomic mass is 10.1. The van der Waals surface area contributed by atoms with E-state index in [2.05, 4.69) is 10.2 Å². The molecule has 0 atom stereocenters. The van der Waals surface area contributed by atoms with Crippen LogP contribution >= 0.6 is 0 Å². The molecule has 0 bridgehead atoms. The molecule has 0 unspecified atom stereocenters. The van der Waals surface area contributed by atoms with Gasteiger partial charge in [-0.15, -0.1) is 0 Å². The van der Waals surface area contributed by atoms with Gasteiger partial charge in [-0.1, -0.05) is 19.3 Å². The van der Waals surface area contributed by atoms with Crippen molar-refractivity contribution in [1.82, 2.24) is 10.2 Å². The zero-order valence-corrected chi connectivity index (χ0v) is 9.50.